The number of aromatic nitrogens is 2. The molecule has 1 fully saturated rings. The number of hydrogen-bond acceptors (Lipinski definition) is 4. The molecular weight excluding hydrogens is 376 g/mol. The summed E-state index contributed by atoms with van der Waals surface area (Å²) in [5, 5.41) is 0. The lowest BCUT2D eigenvalue weighted by Crippen LogP contribution is -2.37. The second-order valence-electron chi connectivity index (χ2n) is 5.00. The van der Waals surface area contributed by atoms with Gasteiger partial charge in [-0.25, -0.2) is 9.37 Å². The number of nitrogens with two attached hydrogens (primary N) is 1. The van der Waals surface area contributed by atoms with Gasteiger partial charge in [0.15, 0.2) is 0 Å². The van der Waals surface area contributed by atoms with Crippen molar-refractivity contribution in [3.63, 3.8) is 0 Å². The number of anilines is 1. The number of rotatable bonds is 3. The van der Waals surface area contributed by atoms with Gasteiger partial charge in [0.05, 0.1) is 27.8 Å². The van der Waals surface area contributed by atoms with Crippen LogP contribution in [0.1, 0.15) is 6.42 Å². The maximum Gasteiger partial charge on any atom is 0.201 e. The highest BCUT2D eigenvalue weighted by molar-refractivity contribution is 14.1. The Balaban J connectivity index is 2.06. The smallest absolute Gasteiger partial charge is 0.201 e. The number of benzene rings is 1. The molecule has 0 bridgehead atoms. The molecule has 1 aromatic carbocycles. The third-order valence-corrected chi connectivity index (χ3v) is 4.59. The Morgan fingerprint density at radius 2 is 2.40 bits per heavy atom. The summed E-state index contributed by atoms with van der Waals surface area (Å²) < 4.78 is 27.1. The molecule has 0 amide bonds. The highest BCUT2D eigenvalue weighted by atomic mass is 127. The summed E-state index contributed by atoms with van der Waals surface area (Å²) in [6.45, 7) is 1.67. The van der Waals surface area contributed by atoms with Crippen LogP contribution in [0.3, 0.4) is 0 Å². The molecule has 1 unspecified atom stereocenters. The van der Waals surface area contributed by atoms with E-state index in [1.807, 2.05) is 22.6 Å². The van der Waals surface area contributed by atoms with Gasteiger partial charge < -0.3 is 19.8 Å². The molecular formula is C13H15FIN3O2. The SMILES string of the molecule is COC1(Cn2c(N)nc3cc(I)c(F)cc32)CCOC1. The van der Waals surface area contributed by atoms with Gasteiger partial charge in [-0.15, -0.1) is 0 Å². The van der Waals surface area contributed by atoms with Crippen molar-refractivity contribution in [2.24, 2.45) is 0 Å². The maximum atomic E-state index is 13.8. The maximum absolute atomic E-state index is 13.8. The van der Waals surface area contributed by atoms with E-state index in [4.69, 9.17) is 15.2 Å². The Morgan fingerprint density at radius 3 is 3.05 bits per heavy atom. The molecule has 1 aliphatic heterocycles. The molecule has 3 rings (SSSR count). The molecule has 0 spiro atoms. The molecule has 1 saturated heterocycles. The normalized spacial score (nSPS) is 22.8. The van der Waals surface area contributed by atoms with E-state index in [0.717, 1.165) is 6.42 Å². The lowest BCUT2D eigenvalue weighted by molar-refractivity contribution is -0.0283. The number of ether oxygens (including phenoxy) is 2. The molecule has 1 atom stereocenters. The molecule has 5 nitrogen and oxygen atoms in total. The first kappa shape index (κ1) is 14.0. The summed E-state index contributed by atoms with van der Waals surface area (Å²) >= 11 is 1.94. The van der Waals surface area contributed by atoms with Crippen molar-refractivity contribution in [1.82, 2.24) is 9.55 Å². The highest BCUT2D eigenvalue weighted by Gasteiger charge is 2.36. The summed E-state index contributed by atoms with van der Waals surface area (Å²) in [5.41, 5.74) is 6.94. The van der Waals surface area contributed by atoms with Crippen molar-refractivity contribution in [2.45, 2.75) is 18.6 Å². The molecule has 2 heterocycles. The minimum absolute atomic E-state index is 0.270. The zero-order chi connectivity index (χ0) is 14.3. The minimum atomic E-state index is -0.415. The number of hydrogen-bond donors (Lipinski definition) is 1. The van der Waals surface area contributed by atoms with Gasteiger partial charge in [0, 0.05) is 26.2 Å². The van der Waals surface area contributed by atoms with Crippen molar-refractivity contribution in [3.8, 4) is 0 Å². The van der Waals surface area contributed by atoms with Crippen LogP contribution in [-0.2, 0) is 16.0 Å². The molecule has 1 aliphatic rings. The molecule has 1 aromatic heterocycles. The fourth-order valence-electron chi connectivity index (χ4n) is 2.53. The van der Waals surface area contributed by atoms with Crippen molar-refractivity contribution in [2.75, 3.05) is 26.1 Å². The lowest BCUT2D eigenvalue weighted by atomic mass is 10.0. The Labute approximate surface area is 129 Å². The van der Waals surface area contributed by atoms with Gasteiger partial charge >= 0.3 is 0 Å². The van der Waals surface area contributed by atoms with E-state index in [-0.39, 0.29) is 5.82 Å². The average molecular weight is 391 g/mol. The molecule has 20 heavy (non-hydrogen) atoms. The average Bonchev–Trinajstić information content (AvgIpc) is 2.99. The van der Waals surface area contributed by atoms with E-state index in [2.05, 4.69) is 4.98 Å². The molecule has 0 radical (unpaired) electrons. The van der Waals surface area contributed by atoms with Crippen molar-refractivity contribution >= 4 is 39.6 Å². The number of imidazole rings is 1. The molecule has 108 valence electrons. The van der Waals surface area contributed by atoms with E-state index in [1.165, 1.54) is 6.07 Å². The molecule has 7 heteroatoms. The van der Waals surface area contributed by atoms with E-state index >= 15 is 0 Å². The number of fused-ring (bicyclic) bond motifs is 1. The number of nitrogen functional groups attached to an aromatic ring is 1. The van der Waals surface area contributed by atoms with Crippen LogP contribution >= 0.6 is 22.6 Å². The highest BCUT2D eigenvalue weighted by Crippen LogP contribution is 2.29. The summed E-state index contributed by atoms with van der Waals surface area (Å²) in [4.78, 5) is 4.30. The van der Waals surface area contributed by atoms with Crippen LogP contribution in [-0.4, -0.2) is 35.5 Å². The van der Waals surface area contributed by atoms with Crippen LogP contribution in [0.5, 0.6) is 0 Å². The molecule has 2 aromatic rings. The second kappa shape index (κ2) is 5.12. The predicted molar refractivity (Wildman–Crippen MR) is 82.0 cm³/mol. The van der Waals surface area contributed by atoms with Gasteiger partial charge in [0.25, 0.3) is 0 Å². The zero-order valence-electron chi connectivity index (χ0n) is 11.0. The Kier molecular flexibility index (Phi) is 3.59. The van der Waals surface area contributed by atoms with Crippen LogP contribution in [0.15, 0.2) is 12.1 Å². The van der Waals surface area contributed by atoms with Gasteiger partial charge in [0.1, 0.15) is 11.4 Å². The first-order valence-corrected chi connectivity index (χ1v) is 7.36. The first-order valence-electron chi connectivity index (χ1n) is 6.28. The molecule has 0 saturated carbocycles. The van der Waals surface area contributed by atoms with E-state index in [0.29, 0.717) is 40.3 Å². The van der Waals surface area contributed by atoms with E-state index in [9.17, 15) is 4.39 Å². The van der Waals surface area contributed by atoms with Crippen molar-refractivity contribution in [3.05, 3.63) is 21.5 Å². The fourth-order valence-corrected chi connectivity index (χ4v) is 2.98. The van der Waals surface area contributed by atoms with Gasteiger partial charge in [-0.05, 0) is 28.7 Å². The Bertz CT molecular complexity index is 653. The minimum Gasteiger partial charge on any atom is -0.378 e. The topological polar surface area (TPSA) is 62.3 Å². The van der Waals surface area contributed by atoms with Gasteiger partial charge in [0.2, 0.25) is 5.95 Å². The van der Waals surface area contributed by atoms with Crippen LogP contribution in [0.2, 0.25) is 0 Å². The number of halogens is 2. The lowest BCUT2D eigenvalue weighted by Gasteiger charge is -2.26. The van der Waals surface area contributed by atoms with E-state index in [1.54, 1.807) is 17.7 Å². The van der Waals surface area contributed by atoms with Crippen molar-refractivity contribution in [1.29, 1.82) is 0 Å². The van der Waals surface area contributed by atoms with Gasteiger partial charge in [-0.1, -0.05) is 0 Å². The van der Waals surface area contributed by atoms with Crippen LogP contribution in [0.25, 0.3) is 11.0 Å². The second-order valence-corrected chi connectivity index (χ2v) is 6.16. The number of nitrogens with zero attached hydrogens (tertiary/aromatic N) is 2. The summed E-state index contributed by atoms with van der Waals surface area (Å²) in [6, 6.07) is 3.17. The first-order chi connectivity index (χ1) is 9.54. The Morgan fingerprint density at radius 1 is 1.60 bits per heavy atom. The van der Waals surface area contributed by atoms with Gasteiger partial charge in [-0.3, -0.25) is 0 Å². The summed E-state index contributed by atoms with van der Waals surface area (Å²) in [5.74, 6) is 0.0955. The Hall–Kier alpha value is -0.930. The summed E-state index contributed by atoms with van der Waals surface area (Å²) in [6.07, 6.45) is 0.787. The zero-order valence-corrected chi connectivity index (χ0v) is 13.2. The van der Waals surface area contributed by atoms with Crippen molar-refractivity contribution < 1.29 is 13.9 Å². The van der Waals surface area contributed by atoms with E-state index < -0.39 is 5.60 Å². The fraction of sp³-hybridized carbons (Fsp3) is 0.462. The standard InChI is InChI=1S/C13H15FIN3O2/c1-19-13(2-3-20-7-13)6-18-11-4-8(14)9(15)5-10(11)17-12(18)16/h4-5H,2-3,6-7H2,1H3,(H2,16,17). The van der Waals surface area contributed by atoms with Gasteiger partial charge in [-0.2, -0.15) is 0 Å². The third-order valence-electron chi connectivity index (χ3n) is 3.77. The molecule has 0 aliphatic carbocycles. The van der Waals surface area contributed by atoms with Crippen LogP contribution < -0.4 is 5.73 Å². The van der Waals surface area contributed by atoms with Crippen LogP contribution in [0.4, 0.5) is 10.3 Å². The number of methoxy groups -OCH3 is 1. The monoisotopic (exact) mass is 391 g/mol. The predicted octanol–water partition coefficient (Wildman–Crippen LogP) is 2.17. The third kappa shape index (κ3) is 2.27. The quantitative estimate of drug-likeness (QED) is 0.815. The molecule has 2 N–H and O–H groups in total. The van der Waals surface area contributed by atoms with Crippen LogP contribution in [0, 0.1) is 9.39 Å². The largest absolute Gasteiger partial charge is 0.378 e. The summed E-state index contributed by atoms with van der Waals surface area (Å²) in [7, 11) is 1.66.